The molecule has 2 aromatic heterocycles. The second kappa shape index (κ2) is 13.8. The van der Waals surface area contributed by atoms with Crippen molar-refractivity contribution in [3.05, 3.63) is 68.9 Å². The van der Waals surface area contributed by atoms with Crippen LogP contribution in [-0.4, -0.2) is 82.3 Å². The van der Waals surface area contributed by atoms with Crippen molar-refractivity contribution < 1.29 is 31.8 Å². The van der Waals surface area contributed by atoms with Crippen LogP contribution in [0.1, 0.15) is 70.4 Å². The number of hydrogen-bond acceptors (Lipinski definition) is 9. The van der Waals surface area contributed by atoms with Crippen molar-refractivity contribution in [3.63, 3.8) is 0 Å². The molecule has 4 aliphatic rings. The average molecular weight is 707 g/mol. The predicted octanol–water partition coefficient (Wildman–Crippen LogP) is 5.41. The van der Waals surface area contributed by atoms with E-state index in [9.17, 15) is 22.4 Å². The van der Waals surface area contributed by atoms with Crippen LogP contribution in [0.25, 0.3) is 0 Å². The molecule has 0 bridgehead atoms. The standard InChI is InChI=1S/C25H26ClF4N7O3.C8H13N/c1-35(2)23(38)21-19(26)16-10-36(7-4-8-37(16)34-21)22-12-11-40-17(9-15(12)32-24(33-22)39-3)18-13(25(28,29)30)5-6-14(31)20(18)27;1-7-5-8-3-2-4-9(8)6-7/h5-6,17H,4,7-11,31H2,1-3H3;8H,1-6H2. The van der Waals surface area contributed by atoms with E-state index in [0.29, 0.717) is 42.3 Å². The summed E-state index contributed by atoms with van der Waals surface area (Å²) in [7, 11) is 4.58. The summed E-state index contributed by atoms with van der Waals surface area (Å²) in [6, 6.07) is 2.51. The van der Waals surface area contributed by atoms with Gasteiger partial charge in [0.05, 0.1) is 54.0 Å². The largest absolute Gasteiger partial charge is 0.467 e. The summed E-state index contributed by atoms with van der Waals surface area (Å²) in [6.07, 6.45) is -1.53. The number of fused-ring (bicyclic) bond motifs is 3. The van der Waals surface area contributed by atoms with Gasteiger partial charge in [-0.25, -0.2) is 4.39 Å². The number of hydrogen-bond donors (Lipinski definition) is 1. The predicted molar refractivity (Wildman–Crippen MR) is 175 cm³/mol. The zero-order valence-corrected chi connectivity index (χ0v) is 28.4. The summed E-state index contributed by atoms with van der Waals surface area (Å²) in [5.41, 5.74) is 6.46. The van der Waals surface area contributed by atoms with E-state index in [0.717, 1.165) is 18.2 Å². The van der Waals surface area contributed by atoms with Crippen LogP contribution in [-0.2, 0) is 37.0 Å². The topological polar surface area (TPSA) is 115 Å². The first-order chi connectivity index (χ1) is 23.3. The van der Waals surface area contributed by atoms with Crippen molar-refractivity contribution in [1.29, 1.82) is 0 Å². The highest BCUT2D eigenvalue weighted by molar-refractivity contribution is 6.34. The number of amides is 1. The molecule has 264 valence electrons. The van der Waals surface area contributed by atoms with Crippen molar-refractivity contribution in [1.82, 2.24) is 29.5 Å². The van der Waals surface area contributed by atoms with Crippen LogP contribution in [0.5, 0.6) is 6.01 Å². The van der Waals surface area contributed by atoms with Gasteiger partial charge in [0.25, 0.3) is 5.91 Å². The molecule has 2 atom stereocenters. The van der Waals surface area contributed by atoms with E-state index in [4.69, 9.17) is 26.8 Å². The molecular formula is C33H39ClF4N8O3. The SMILES string of the molecule is C=C1CC2CCCN2C1.COc1nc2c(c(N3CCCn4nc(C(=O)N(C)C)c(Cl)c4C3)n1)COC(c1c(C(F)(F)F)ccc(N)c1F)C2. The smallest absolute Gasteiger partial charge is 0.416 e. The zero-order chi connectivity index (χ0) is 35.2. The Morgan fingerprint density at radius 2 is 1.92 bits per heavy atom. The third kappa shape index (κ3) is 6.93. The molecule has 1 amide bonds. The number of aryl methyl sites for hydroxylation is 1. The van der Waals surface area contributed by atoms with Crippen molar-refractivity contribution in [2.45, 2.75) is 70.1 Å². The first-order valence-electron chi connectivity index (χ1n) is 16.1. The summed E-state index contributed by atoms with van der Waals surface area (Å²) in [4.78, 5) is 27.3. The van der Waals surface area contributed by atoms with Crippen molar-refractivity contribution >= 4 is 29.0 Å². The van der Waals surface area contributed by atoms with Gasteiger partial charge in [-0.1, -0.05) is 23.8 Å². The fourth-order valence-electron chi connectivity index (χ4n) is 6.97. The third-order valence-electron chi connectivity index (χ3n) is 9.37. The van der Waals surface area contributed by atoms with Gasteiger partial charge in [0.15, 0.2) is 11.5 Å². The summed E-state index contributed by atoms with van der Waals surface area (Å²) in [5, 5.41) is 4.64. The van der Waals surface area contributed by atoms with Crippen LogP contribution in [0.2, 0.25) is 5.02 Å². The molecule has 4 aliphatic heterocycles. The van der Waals surface area contributed by atoms with Crippen molar-refractivity contribution in [2.75, 3.05) is 51.5 Å². The van der Waals surface area contributed by atoms with Crippen LogP contribution in [0, 0.1) is 5.82 Å². The van der Waals surface area contributed by atoms with Crippen LogP contribution in [0.4, 0.5) is 29.1 Å². The Morgan fingerprint density at radius 3 is 2.61 bits per heavy atom. The molecule has 2 unspecified atom stereocenters. The molecule has 0 aliphatic carbocycles. The number of carbonyl (C=O) groups excluding carboxylic acids is 1. The van der Waals surface area contributed by atoms with E-state index < -0.39 is 34.9 Å². The van der Waals surface area contributed by atoms with Gasteiger partial charge in [-0.3, -0.25) is 14.4 Å². The van der Waals surface area contributed by atoms with Gasteiger partial charge in [-0.15, -0.1) is 0 Å². The maximum Gasteiger partial charge on any atom is 0.416 e. The maximum absolute atomic E-state index is 15.0. The molecule has 11 nitrogen and oxygen atoms in total. The molecule has 49 heavy (non-hydrogen) atoms. The molecule has 6 heterocycles. The molecule has 0 spiro atoms. The van der Waals surface area contributed by atoms with Gasteiger partial charge in [-0.2, -0.15) is 28.2 Å². The first kappa shape index (κ1) is 34.9. The molecule has 2 fully saturated rings. The maximum atomic E-state index is 15.0. The number of halogens is 5. The summed E-state index contributed by atoms with van der Waals surface area (Å²) < 4.78 is 69.1. The number of anilines is 2. The molecule has 1 aromatic carbocycles. The number of nitrogens with zero attached hydrogens (tertiary/aromatic N) is 7. The minimum absolute atomic E-state index is 0.00850. The summed E-state index contributed by atoms with van der Waals surface area (Å²) >= 11 is 6.60. The number of nitrogens with two attached hydrogens (primary N) is 1. The van der Waals surface area contributed by atoms with Gasteiger partial charge in [-0.05, 0) is 44.4 Å². The molecule has 0 radical (unpaired) electrons. The Bertz CT molecular complexity index is 1750. The van der Waals surface area contributed by atoms with Gasteiger partial charge < -0.3 is 25.0 Å². The highest BCUT2D eigenvalue weighted by Crippen LogP contribution is 2.43. The lowest BCUT2D eigenvalue weighted by molar-refractivity contribution is -0.140. The number of rotatable bonds is 4. The lowest BCUT2D eigenvalue weighted by atomic mass is 9.94. The van der Waals surface area contributed by atoms with Gasteiger partial charge in [0.2, 0.25) is 0 Å². The van der Waals surface area contributed by atoms with E-state index in [1.807, 2.05) is 4.90 Å². The Kier molecular flexibility index (Phi) is 9.79. The number of benzene rings is 1. The van der Waals surface area contributed by atoms with E-state index in [1.165, 1.54) is 49.9 Å². The van der Waals surface area contributed by atoms with Gasteiger partial charge in [0, 0.05) is 57.3 Å². The van der Waals surface area contributed by atoms with Crippen LogP contribution >= 0.6 is 11.6 Å². The molecule has 2 saturated heterocycles. The van der Waals surface area contributed by atoms with Gasteiger partial charge >= 0.3 is 12.2 Å². The molecule has 2 N–H and O–H groups in total. The van der Waals surface area contributed by atoms with Gasteiger partial charge in [0.1, 0.15) is 5.82 Å². The first-order valence-corrected chi connectivity index (χ1v) is 16.5. The van der Waals surface area contributed by atoms with Crippen molar-refractivity contribution in [3.8, 4) is 6.01 Å². The molecule has 3 aromatic rings. The van der Waals surface area contributed by atoms with E-state index in [1.54, 1.807) is 18.8 Å². The monoisotopic (exact) mass is 706 g/mol. The second-order valence-electron chi connectivity index (χ2n) is 12.9. The Labute approximate surface area is 286 Å². The fraction of sp³-hybridized carbons (Fsp3) is 0.515. The lowest BCUT2D eigenvalue weighted by Gasteiger charge is -2.31. The number of carbonyl (C=O) groups is 1. The number of alkyl halides is 3. The van der Waals surface area contributed by atoms with E-state index in [2.05, 4.69) is 26.5 Å². The minimum atomic E-state index is -4.82. The second-order valence-corrected chi connectivity index (χ2v) is 13.3. The molecular weight excluding hydrogens is 668 g/mol. The van der Waals surface area contributed by atoms with E-state index in [-0.39, 0.29) is 42.2 Å². The zero-order valence-electron chi connectivity index (χ0n) is 27.6. The van der Waals surface area contributed by atoms with Crippen LogP contribution in [0.15, 0.2) is 24.3 Å². The molecule has 16 heteroatoms. The average Bonchev–Trinajstić information content (AvgIpc) is 3.68. The van der Waals surface area contributed by atoms with E-state index >= 15 is 0 Å². The van der Waals surface area contributed by atoms with Crippen molar-refractivity contribution in [2.24, 2.45) is 0 Å². The highest BCUT2D eigenvalue weighted by Gasteiger charge is 2.40. The Hall–Kier alpha value is -3.95. The quantitative estimate of drug-likeness (QED) is 0.216. The number of nitrogen functional groups attached to an aromatic ring is 1. The lowest BCUT2D eigenvalue weighted by Crippen LogP contribution is -2.29. The highest BCUT2D eigenvalue weighted by atomic mass is 35.5. The molecule has 0 saturated carbocycles. The third-order valence-corrected chi connectivity index (χ3v) is 9.77. The fourth-order valence-corrected chi connectivity index (χ4v) is 7.25. The van der Waals surface area contributed by atoms with Crippen LogP contribution in [0.3, 0.4) is 0 Å². The summed E-state index contributed by atoms with van der Waals surface area (Å²) in [5.74, 6) is -1.07. The van der Waals surface area contributed by atoms with Crippen LogP contribution < -0.4 is 15.4 Å². The number of ether oxygens (including phenoxy) is 2. The Balaban J connectivity index is 0.000000396. The number of methoxy groups -OCH3 is 1. The summed E-state index contributed by atoms with van der Waals surface area (Å²) in [6.45, 7) is 7.59. The Morgan fingerprint density at radius 1 is 1.14 bits per heavy atom. The molecule has 7 rings (SSSR count). The normalized spacial score (nSPS) is 20.6. The minimum Gasteiger partial charge on any atom is -0.467 e. The number of aromatic nitrogens is 4.